The van der Waals surface area contributed by atoms with Crippen LogP contribution in [0.25, 0.3) is 33.4 Å². The fourth-order valence-corrected chi connectivity index (χ4v) is 5.06. The number of nitrogens with one attached hydrogen (secondary N) is 2. The number of aromatic nitrogens is 1. The van der Waals surface area contributed by atoms with E-state index in [1.807, 2.05) is 78.9 Å². The van der Waals surface area contributed by atoms with Crippen molar-refractivity contribution in [3.05, 3.63) is 113 Å². The number of methoxy groups -OCH3 is 1. The molecule has 0 bridgehead atoms. The van der Waals surface area contributed by atoms with E-state index in [4.69, 9.17) is 26.4 Å². The summed E-state index contributed by atoms with van der Waals surface area (Å²) < 4.78 is 10.9. The van der Waals surface area contributed by atoms with Gasteiger partial charge in [0.1, 0.15) is 17.2 Å². The van der Waals surface area contributed by atoms with E-state index in [0.29, 0.717) is 38.9 Å². The molecule has 2 N–H and O–H groups in total. The van der Waals surface area contributed by atoms with Crippen LogP contribution in [0.5, 0.6) is 5.75 Å². The molecule has 0 spiro atoms. The molecule has 3 heterocycles. The van der Waals surface area contributed by atoms with Crippen LogP contribution in [0.3, 0.4) is 0 Å². The van der Waals surface area contributed by atoms with Crippen molar-refractivity contribution in [1.82, 2.24) is 4.98 Å². The standard InChI is InChI=1S/C30H21N3O3S/c1-35-20-13-11-17(12-14-20)21-16-23(22-15-19-9-5-6-10-24(19)36-30(22)34)32-28-26(21)27(31)25(29(37)33-28)18-7-3-2-4-8-18/h2-16,25,31H,1H3,(H,32,33,37). The predicted octanol–water partition coefficient (Wildman–Crippen LogP) is 6.44. The second-order valence-electron chi connectivity index (χ2n) is 8.74. The van der Waals surface area contributed by atoms with Crippen molar-refractivity contribution in [3.63, 3.8) is 0 Å². The zero-order valence-electron chi connectivity index (χ0n) is 19.8. The number of hydrogen-bond acceptors (Lipinski definition) is 6. The Kier molecular flexibility index (Phi) is 5.62. The summed E-state index contributed by atoms with van der Waals surface area (Å²) in [5.41, 5.74) is 4.33. The average Bonchev–Trinajstić information content (AvgIpc) is 2.92. The highest BCUT2D eigenvalue weighted by Crippen LogP contribution is 2.39. The summed E-state index contributed by atoms with van der Waals surface area (Å²) in [7, 11) is 1.62. The van der Waals surface area contributed by atoms with E-state index < -0.39 is 11.5 Å². The second kappa shape index (κ2) is 9.11. The molecule has 37 heavy (non-hydrogen) atoms. The lowest BCUT2D eigenvalue weighted by molar-refractivity contribution is 0.415. The summed E-state index contributed by atoms with van der Waals surface area (Å²) in [6.45, 7) is 0. The van der Waals surface area contributed by atoms with Crippen molar-refractivity contribution < 1.29 is 9.15 Å². The van der Waals surface area contributed by atoms with E-state index in [1.165, 1.54) is 0 Å². The Balaban J connectivity index is 1.59. The topological polar surface area (TPSA) is 88.2 Å². The molecular weight excluding hydrogens is 482 g/mol. The quantitative estimate of drug-likeness (QED) is 0.217. The Morgan fingerprint density at radius 1 is 0.946 bits per heavy atom. The molecule has 5 aromatic rings. The molecular formula is C30H21N3O3S. The Bertz CT molecular complexity index is 1740. The van der Waals surface area contributed by atoms with Crippen molar-refractivity contribution in [3.8, 4) is 28.1 Å². The van der Waals surface area contributed by atoms with Crippen LogP contribution in [-0.2, 0) is 0 Å². The predicted molar refractivity (Wildman–Crippen MR) is 150 cm³/mol. The zero-order chi connectivity index (χ0) is 25.5. The van der Waals surface area contributed by atoms with E-state index in [1.54, 1.807) is 19.2 Å². The molecule has 1 unspecified atom stereocenters. The second-order valence-corrected chi connectivity index (χ2v) is 9.18. The number of fused-ring (bicyclic) bond motifs is 2. The van der Waals surface area contributed by atoms with Crippen molar-refractivity contribution in [1.29, 1.82) is 5.41 Å². The van der Waals surface area contributed by atoms with Crippen molar-refractivity contribution >= 4 is 39.7 Å². The van der Waals surface area contributed by atoms with Crippen LogP contribution in [0.4, 0.5) is 5.82 Å². The number of rotatable bonds is 4. The molecule has 2 aromatic heterocycles. The molecule has 6 rings (SSSR count). The van der Waals surface area contributed by atoms with E-state index >= 15 is 0 Å². The number of hydrogen-bond donors (Lipinski definition) is 2. The number of anilines is 1. The summed E-state index contributed by atoms with van der Waals surface area (Å²) in [5, 5.41) is 13.3. The van der Waals surface area contributed by atoms with Crippen LogP contribution in [-0.4, -0.2) is 22.8 Å². The molecule has 6 nitrogen and oxygen atoms in total. The lowest BCUT2D eigenvalue weighted by Crippen LogP contribution is -2.33. The van der Waals surface area contributed by atoms with Crippen molar-refractivity contribution in [2.45, 2.75) is 5.92 Å². The fourth-order valence-electron chi connectivity index (χ4n) is 4.71. The molecule has 7 heteroatoms. The van der Waals surface area contributed by atoms with Crippen LogP contribution >= 0.6 is 12.2 Å². The minimum Gasteiger partial charge on any atom is -0.497 e. The Labute approximate surface area is 218 Å². The number of benzene rings is 3. The first kappa shape index (κ1) is 22.8. The first-order valence-electron chi connectivity index (χ1n) is 11.7. The van der Waals surface area contributed by atoms with Gasteiger partial charge < -0.3 is 19.9 Å². The zero-order valence-corrected chi connectivity index (χ0v) is 20.6. The highest BCUT2D eigenvalue weighted by Gasteiger charge is 2.33. The maximum Gasteiger partial charge on any atom is 0.345 e. The fraction of sp³-hybridized carbons (Fsp3) is 0.0667. The number of nitrogens with zero attached hydrogens (tertiary/aromatic N) is 1. The van der Waals surface area contributed by atoms with Gasteiger partial charge in [-0.3, -0.25) is 0 Å². The van der Waals surface area contributed by atoms with Gasteiger partial charge >= 0.3 is 5.63 Å². The summed E-state index contributed by atoms with van der Waals surface area (Å²) in [6, 6.07) is 28.3. The van der Waals surface area contributed by atoms with Gasteiger partial charge in [-0.15, -0.1) is 0 Å². The minimum atomic E-state index is -0.484. The number of pyridine rings is 1. The van der Waals surface area contributed by atoms with Crippen molar-refractivity contribution in [2.75, 3.05) is 12.4 Å². The molecule has 0 amide bonds. The lowest BCUT2D eigenvalue weighted by Gasteiger charge is -2.30. The summed E-state index contributed by atoms with van der Waals surface area (Å²) in [6.07, 6.45) is 0. The maximum atomic E-state index is 13.0. The van der Waals surface area contributed by atoms with Gasteiger partial charge in [0.15, 0.2) is 0 Å². The van der Waals surface area contributed by atoms with Crippen LogP contribution in [0.15, 0.2) is 100 Å². The molecule has 0 radical (unpaired) electrons. The summed E-state index contributed by atoms with van der Waals surface area (Å²) in [4.78, 5) is 18.2. The molecule has 0 saturated heterocycles. The smallest absolute Gasteiger partial charge is 0.345 e. The molecule has 3 aromatic carbocycles. The molecule has 0 saturated carbocycles. The lowest BCUT2D eigenvalue weighted by atomic mass is 9.83. The van der Waals surface area contributed by atoms with E-state index in [9.17, 15) is 10.2 Å². The third-order valence-electron chi connectivity index (χ3n) is 6.53. The first-order chi connectivity index (χ1) is 18.0. The number of ether oxygens (including phenoxy) is 1. The van der Waals surface area contributed by atoms with Crippen LogP contribution in [0.1, 0.15) is 17.0 Å². The normalized spacial score (nSPS) is 14.8. The summed E-state index contributed by atoms with van der Waals surface area (Å²) in [5.74, 6) is 0.746. The van der Waals surface area contributed by atoms with E-state index in [2.05, 4.69) is 5.32 Å². The maximum absolute atomic E-state index is 13.0. The van der Waals surface area contributed by atoms with Gasteiger partial charge in [-0.25, -0.2) is 9.78 Å². The highest BCUT2D eigenvalue weighted by molar-refractivity contribution is 7.80. The van der Waals surface area contributed by atoms with Gasteiger partial charge in [0.2, 0.25) is 0 Å². The third kappa shape index (κ3) is 3.99. The molecule has 0 fully saturated rings. The van der Waals surface area contributed by atoms with Crippen molar-refractivity contribution in [2.24, 2.45) is 0 Å². The van der Waals surface area contributed by atoms with Gasteiger partial charge in [-0.1, -0.05) is 72.9 Å². The molecule has 1 atom stereocenters. The average molecular weight is 504 g/mol. The van der Waals surface area contributed by atoms with Gasteiger partial charge in [-0.05, 0) is 47.0 Å². The van der Waals surface area contributed by atoms with Gasteiger partial charge in [0.05, 0.1) is 35.0 Å². The molecule has 1 aliphatic heterocycles. The van der Waals surface area contributed by atoms with Crippen LogP contribution < -0.4 is 15.7 Å². The van der Waals surface area contributed by atoms with Gasteiger partial charge in [0, 0.05) is 10.9 Å². The van der Waals surface area contributed by atoms with Gasteiger partial charge in [0.25, 0.3) is 0 Å². The van der Waals surface area contributed by atoms with E-state index in [0.717, 1.165) is 27.8 Å². The van der Waals surface area contributed by atoms with Gasteiger partial charge in [-0.2, -0.15) is 0 Å². The monoisotopic (exact) mass is 503 g/mol. The highest BCUT2D eigenvalue weighted by atomic mass is 32.1. The first-order valence-corrected chi connectivity index (χ1v) is 12.1. The molecule has 180 valence electrons. The van der Waals surface area contributed by atoms with Crippen LogP contribution in [0, 0.1) is 5.41 Å². The molecule has 1 aliphatic rings. The summed E-state index contributed by atoms with van der Waals surface area (Å²) >= 11 is 5.72. The number of para-hydroxylation sites is 1. The number of thiocarbonyl (C=S) groups is 1. The largest absolute Gasteiger partial charge is 0.497 e. The third-order valence-corrected chi connectivity index (χ3v) is 6.87. The molecule has 0 aliphatic carbocycles. The van der Waals surface area contributed by atoms with Crippen LogP contribution in [0.2, 0.25) is 0 Å². The SMILES string of the molecule is COc1ccc(-c2cc(-c3cc4ccccc4oc3=O)nc3c2C(=N)C(c2ccccc2)C(=S)N3)cc1. The Morgan fingerprint density at radius 2 is 1.68 bits per heavy atom. The Hall–Kier alpha value is -4.62. The Morgan fingerprint density at radius 3 is 2.43 bits per heavy atom. The van der Waals surface area contributed by atoms with E-state index in [-0.39, 0.29) is 0 Å². The minimum absolute atomic E-state index is 0.334.